The molecule has 1 radical (unpaired) electrons. The standard InChI is InChI=1S/C13H24NO3SSi/c1-4-5-6-7-8-13(18,9-14)19-11(16)12(2,10-15)17-3/h15-16,18H,4-8,10H2,1-3H3. The maximum absolute atomic E-state index is 10.1. The van der Waals surface area contributed by atoms with Gasteiger partial charge in [0.2, 0.25) is 0 Å². The highest BCUT2D eigenvalue weighted by Gasteiger charge is 2.32. The monoisotopic (exact) mass is 302 g/mol. The number of nitrogens with zero attached hydrogens (tertiary/aromatic N) is 1. The summed E-state index contributed by atoms with van der Waals surface area (Å²) < 4.78 is 4.23. The predicted molar refractivity (Wildman–Crippen MR) is 81.3 cm³/mol. The number of methoxy groups -OCH3 is 1. The second-order valence-electron chi connectivity index (χ2n) is 4.85. The molecule has 0 aromatic carbocycles. The summed E-state index contributed by atoms with van der Waals surface area (Å²) in [5, 5.41) is 28.6. The lowest BCUT2D eigenvalue weighted by Gasteiger charge is -2.27. The number of ether oxygens (including phenoxy) is 1. The van der Waals surface area contributed by atoms with Crippen molar-refractivity contribution >= 4 is 27.1 Å². The van der Waals surface area contributed by atoms with Gasteiger partial charge in [0.15, 0.2) is 0 Å². The van der Waals surface area contributed by atoms with Crippen LogP contribution in [0.25, 0.3) is 0 Å². The Morgan fingerprint density at radius 1 is 1.42 bits per heavy atom. The Labute approximate surface area is 123 Å². The smallest absolute Gasteiger partial charge is 0.139 e. The van der Waals surface area contributed by atoms with Crippen molar-refractivity contribution in [2.45, 2.75) is 55.9 Å². The van der Waals surface area contributed by atoms with Gasteiger partial charge in [-0.1, -0.05) is 32.6 Å². The summed E-state index contributed by atoms with van der Waals surface area (Å²) in [5.74, 6) is 0. The molecule has 109 valence electrons. The van der Waals surface area contributed by atoms with Gasteiger partial charge in [0.1, 0.15) is 24.5 Å². The number of nitriles is 1. The molecule has 0 amide bonds. The Kier molecular flexibility index (Phi) is 8.58. The Morgan fingerprint density at radius 2 is 2.05 bits per heavy atom. The molecule has 0 heterocycles. The Hall–Kier alpha value is -0.353. The highest BCUT2D eigenvalue weighted by atomic mass is 32.1. The summed E-state index contributed by atoms with van der Waals surface area (Å²) in [7, 11) is 1.24. The zero-order valence-electron chi connectivity index (χ0n) is 11.9. The fraction of sp³-hybridized carbons (Fsp3) is 0.846. The van der Waals surface area contributed by atoms with E-state index < -0.39 is 9.97 Å². The molecule has 0 aromatic heterocycles. The van der Waals surface area contributed by atoms with Crippen LogP contribution in [0.15, 0.2) is 0 Å². The Morgan fingerprint density at radius 3 is 2.47 bits per heavy atom. The lowest BCUT2D eigenvalue weighted by molar-refractivity contribution is 0.00636. The fourth-order valence-electron chi connectivity index (χ4n) is 1.52. The van der Waals surface area contributed by atoms with Gasteiger partial charge in [-0.05, 0) is 13.3 Å². The van der Waals surface area contributed by atoms with Crippen LogP contribution in [0, 0.1) is 11.3 Å². The summed E-state index contributed by atoms with van der Waals surface area (Å²) in [4.78, 5) is 0. The van der Waals surface area contributed by atoms with E-state index in [0.29, 0.717) is 6.42 Å². The van der Waals surface area contributed by atoms with Crippen LogP contribution in [0.4, 0.5) is 0 Å². The summed E-state index contributed by atoms with van der Waals surface area (Å²) in [6.07, 6.45) is 4.88. The van der Waals surface area contributed by atoms with E-state index in [4.69, 9.17) is 4.74 Å². The number of aliphatic hydroxyl groups excluding tert-OH is 2. The molecule has 0 aliphatic rings. The SMILES string of the molecule is CCCCCCC(S)(C#N)[Si]=C(O)C(C)(CO)OC. The van der Waals surface area contributed by atoms with Crippen LogP contribution >= 0.6 is 12.6 Å². The number of aliphatic hydroxyl groups is 2. The third-order valence-electron chi connectivity index (χ3n) is 3.16. The van der Waals surface area contributed by atoms with Gasteiger partial charge >= 0.3 is 0 Å². The summed E-state index contributed by atoms with van der Waals surface area (Å²) in [6.45, 7) is 3.40. The fourth-order valence-corrected chi connectivity index (χ4v) is 3.19. The molecule has 0 aliphatic heterocycles. The molecule has 0 bridgehead atoms. The van der Waals surface area contributed by atoms with E-state index in [0.717, 1.165) is 25.7 Å². The van der Waals surface area contributed by atoms with Gasteiger partial charge in [-0.15, -0.1) is 0 Å². The van der Waals surface area contributed by atoms with Gasteiger partial charge in [0, 0.05) is 7.11 Å². The van der Waals surface area contributed by atoms with Crippen molar-refractivity contribution in [1.29, 1.82) is 5.26 Å². The first-order valence-electron chi connectivity index (χ1n) is 6.51. The minimum absolute atomic E-state index is 0.00968. The Balaban J connectivity index is 4.80. The van der Waals surface area contributed by atoms with Crippen molar-refractivity contribution in [2.75, 3.05) is 13.7 Å². The van der Waals surface area contributed by atoms with Gasteiger partial charge in [-0.25, -0.2) is 0 Å². The van der Waals surface area contributed by atoms with E-state index in [1.165, 1.54) is 7.11 Å². The highest BCUT2D eigenvalue weighted by Crippen LogP contribution is 2.21. The lowest BCUT2D eigenvalue weighted by atomic mass is 10.1. The van der Waals surface area contributed by atoms with E-state index in [1.807, 2.05) is 0 Å². The molecular formula is C13H24NO3SSi. The minimum atomic E-state index is -1.12. The summed E-state index contributed by atoms with van der Waals surface area (Å²) in [5.41, 5.74) is -1.12. The van der Waals surface area contributed by atoms with Crippen LogP contribution < -0.4 is 0 Å². The predicted octanol–water partition coefficient (Wildman–Crippen LogP) is 1.71. The molecule has 0 saturated heterocycles. The van der Waals surface area contributed by atoms with Crippen molar-refractivity contribution in [3.8, 4) is 6.07 Å². The minimum Gasteiger partial charge on any atom is -0.515 e. The molecule has 0 spiro atoms. The Bertz CT molecular complexity index is 339. The van der Waals surface area contributed by atoms with Gasteiger partial charge in [0.25, 0.3) is 0 Å². The van der Waals surface area contributed by atoms with Gasteiger partial charge in [0.05, 0.1) is 12.7 Å². The second kappa shape index (κ2) is 8.75. The van der Waals surface area contributed by atoms with E-state index in [9.17, 15) is 15.5 Å². The maximum Gasteiger partial charge on any atom is 0.139 e. The zero-order chi connectivity index (χ0) is 14.9. The second-order valence-corrected chi connectivity index (χ2v) is 7.61. The first-order valence-corrected chi connectivity index (χ1v) is 7.96. The average molecular weight is 302 g/mol. The van der Waals surface area contributed by atoms with Gasteiger partial charge in [-0.3, -0.25) is 0 Å². The van der Waals surface area contributed by atoms with Crippen LogP contribution in [-0.2, 0) is 4.74 Å². The van der Waals surface area contributed by atoms with Crippen LogP contribution in [0.1, 0.15) is 46.0 Å². The summed E-state index contributed by atoms with van der Waals surface area (Å²) in [6, 6.07) is 2.17. The molecule has 4 nitrogen and oxygen atoms in total. The first kappa shape index (κ1) is 18.6. The largest absolute Gasteiger partial charge is 0.515 e. The van der Waals surface area contributed by atoms with Gasteiger partial charge < -0.3 is 14.9 Å². The molecule has 19 heavy (non-hydrogen) atoms. The molecule has 6 heteroatoms. The number of thiol groups is 1. The molecule has 2 N–H and O–H groups in total. The molecular weight excluding hydrogens is 278 g/mol. The van der Waals surface area contributed by atoms with Crippen molar-refractivity contribution in [3.63, 3.8) is 0 Å². The number of hydrogen-bond acceptors (Lipinski definition) is 5. The molecule has 0 saturated carbocycles. The number of rotatable bonds is 9. The highest BCUT2D eigenvalue weighted by molar-refractivity contribution is 7.83. The first-order chi connectivity index (χ1) is 8.87. The average Bonchev–Trinajstić information content (AvgIpc) is 2.42. The van der Waals surface area contributed by atoms with Crippen molar-refractivity contribution in [3.05, 3.63) is 0 Å². The molecule has 2 unspecified atom stereocenters. The van der Waals surface area contributed by atoms with Crippen LogP contribution in [0.5, 0.6) is 0 Å². The molecule has 2 atom stereocenters. The number of unbranched alkanes of at least 4 members (excludes halogenated alkanes) is 3. The van der Waals surface area contributed by atoms with Crippen molar-refractivity contribution < 1.29 is 14.9 Å². The quantitative estimate of drug-likeness (QED) is 0.344. The molecule has 0 aliphatic carbocycles. The molecule has 0 fully saturated rings. The maximum atomic E-state index is 10.1. The van der Waals surface area contributed by atoms with E-state index in [-0.39, 0.29) is 21.1 Å². The number of hydrogen-bond donors (Lipinski definition) is 3. The van der Waals surface area contributed by atoms with E-state index >= 15 is 0 Å². The van der Waals surface area contributed by atoms with Gasteiger partial charge in [-0.2, -0.15) is 17.9 Å². The van der Waals surface area contributed by atoms with Crippen LogP contribution in [0.3, 0.4) is 0 Å². The summed E-state index contributed by atoms with van der Waals surface area (Å²) >= 11 is 4.40. The van der Waals surface area contributed by atoms with E-state index in [1.54, 1.807) is 6.92 Å². The van der Waals surface area contributed by atoms with Crippen molar-refractivity contribution in [2.24, 2.45) is 0 Å². The lowest BCUT2D eigenvalue weighted by Crippen LogP contribution is -2.45. The van der Waals surface area contributed by atoms with Crippen molar-refractivity contribution in [1.82, 2.24) is 0 Å². The normalized spacial score (nSPS) is 18.4. The van der Waals surface area contributed by atoms with Crippen LogP contribution in [0.2, 0.25) is 0 Å². The van der Waals surface area contributed by atoms with Crippen LogP contribution in [-0.4, -0.2) is 48.4 Å². The third-order valence-corrected chi connectivity index (χ3v) is 5.36. The zero-order valence-corrected chi connectivity index (χ0v) is 13.8. The third kappa shape index (κ3) is 6.08. The van der Waals surface area contributed by atoms with E-state index in [2.05, 4.69) is 25.6 Å². The molecule has 0 rings (SSSR count). The molecule has 0 aromatic rings. The topological polar surface area (TPSA) is 73.5 Å².